The zero-order valence-corrected chi connectivity index (χ0v) is 18.3. The Balaban J connectivity index is 1.35. The summed E-state index contributed by atoms with van der Waals surface area (Å²) in [5.74, 6) is 6.31. The maximum atomic E-state index is 12.4. The fourth-order valence-electron chi connectivity index (χ4n) is 3.08. The molecule has 8 heteroatoms. The van der Waals surface area contributed by atoms with Crippen LogP contribution < -0.4 is 5.32 Å². The zero-order valence-electron chi connectivity index (χ0n) is 18.3. The van der Waals surface area contributed by atoms with Crippen molar-refractivity contribution in [2.45, 2.75) is 12.8 Å². The molecule has 2 heterocycles. The van der Waals surface area contributed by atoms with Crippen LogP contribution in [0.1, 0.15) is 33.8 Å². The van der Waals surface area contributed by atoms with Gasteiger partial charge in [-0.05, 0) is 48.5 Å². The van der Waals surface area contributed by atoms with E-state index in [-0.39, 0.29) is 12.3 Å². The molecule has 0 spiro atoms. The largest absolute Gasteiger partial charge is 0.465 e. The number of pyridine rings is 1. The molecule has 0 aliphatic heterocycles. The lowest BCUT2D eigenvalue weighted by Crippen LogP contribution is -2.12. The first-order valence-corrected chi connectivity index (χ1v) is 10.4. The highest BCUT2D eigenvalue weighted by Gasteiger charge is 2.11. The fourth-order valence-corrected chi connectivity index (χ4v) is 3.08. The zero-order chi connectivity index (χ0) is 23.8. The number of carbonyl (C=O) groups excluding carboxylic acids is 2. The Morgan fingerprint density at radius 3 is 2.50 bits per heavy atom. The minimum Gasteiger partial charge on any atom is -0.465 e. The average Bonchev–Trinajstić information content (AvgIpc) is 3.36. The molecule has 2 aromatic heterocycles. The van der Waals surface area contributed by atoms with Crippen molar-refractivity contribution in [2.24, 2.45) is 0 Å². The van der Waals surface area contributed by atoms with Gasteiger partial charge in [0.05, 0.1) is 12.7 Å². The molecule has 4 rings (SSSR count). The lowest BCUT2D eigenvalue weighted by Gasteiger charge is -2.04. The molecule has 168 valence electrons. The van der Waals surface area contributed by atoms with E-state index in [1.807, 2.05) is 18.2 Å². The van der Waals surface area contributed by atoms with Crippen LogP contribution in [-0.2, 0) is 16.0 Å². The Labute approximate surface area is 196 Å². The molecule has 8 nitrogen and oxygen atoms in total. The molecule has 0 aliphatic rings. The number of hydrogen-bond acceptors (Lipinski definition) is 7. The second-order valence-electron chi connectivity index (χ2n) is 7.20. The van der Waals surface area contributed by atoms with Crippen molar-refractivity contribution >= 4 is 17.6 Å². The van der Waals surface area contributed by atoms with E-state index in [1.54, 1.807) is 54.9 Å². The molecular formula is C26H20N4O4. The number of anilines is 1. The Kier molecular flexibility index (Phi) is 7.06. The van der Waals surface area contributed by atoms with Crippen LogP contribution in [0.2, 0.25) is 0 Å². The predicted octanol–water partition coefficient (Wildman–Crippen LogP) is 3.89. The summed E-state index contributed by atoms with van der Waals surface area (Å²) in [6, 6.07) is 17.7. The number of nitrogens with one attached hydrogen (secondary N) is 1. The van der Waals surface area contributed by atoms with Crippen molar-refractivity contribution in [3.05, 3.63) is 95.6 Å². The molecule has 0 aliphatic carbocycles. The normalized spacial score (nSPS) is 10.1. The van der Waals surface area contributed by atoms with Crippen LogP contribution in [0.15, 0.2) is 77.6 Å². The third-order valence-corrected chi connectivity index (χ3v) is 4.75. The Hall–Kier alpha value is -4.77. The van der Waals surface area contributed by atoms with E-state index >= 15 is 0 Å². The van der Waals surface area contributed by atoms with E-state index in [2.05, 4.69) is 32.3 Å². The van der Waals surface area contributed by atoms with E-state index in [4.69, 9.17) is 9.26 Å². The van der Waals surface area contributed by atoms with Crippen LogP contribution in [0, 0.1) is 11.8 Å². The summed E-state index contributed by atoms with van der Waals surface area (Å²) >= 11 is 0. The number of benzene rings is 2. The second kappa shape index (κ2) is 10.7. The van der Waals surface area contributed by atoms with E-state index in [9.17, 15) is 9.59 Å². The highest BCUT2D eigenvalue weighted by Crippen LogP contribution is 2.15. The molecule has 1 amide bonds. The minimum atomic E-state index is -0.414. The van der Waals surface area contributed by atoms with Crippen molar-refractivity contribution in [3.8, 4) is 23.2 Å². The van der Waals surface area contributed by atoms with Gasteiger partial charge in [0, 0.05) is 47.6 Å². The van der Waals surface area contributed by atoms with Gasteiger partial charge in [-0.25, -0.2) is 4.79 Å². The van der Waals surface area contributed by atoms with Crippen LogP contribution in [0.5, 0.6) is 0 Å². The van der Waals surface area contributed by atoms with Gasteiger partial charge >= 0.3 is 5.97 Å². The lowest BCUT2D eigenvalue weighted by molar-refractivity contribution is -0.116. The summed E-state index contributed by atoms with van der Waals surface area (Å²) in [4.78, 5) is 32.3. The molecule has 34 heavy (non-hydrogen) atoms. The van der Waals surface area contributed by atoms with Crippen molar-refractivity contribution in [2.75, 3.05) is 12.4 Å². The smallest absolute Gasteiger partial charge is 0.337 e. The topological polar surface area (TPSA) is 107 Å². The van der Waals surface area contributed by atoms with Crippen molar-refractivity contribution in [1.82, 2.24) is 15.1 Å². The van der Waals surface area contributed by atoms with Crippen LogP contribution >= 0.6 is 0 Å². The highest BCUT2D eigenvalue weighted by molar-refractivity contribution is 5.91. The summed E-state index contributed by atoms with van der Waals surface area (Å²) in [6.45, 7) is 0. The molecule has 0 fully saturated rings. The highest BCUT2D eigenvalue weighted by atomic mass is 16.5. The average molecular weight is 452 g/mol. The fraction of sp³-hybridized carbons (Fsp3) is 0.115. The molecule has 4 aromatic rings. The molecule has 2 aromatic carbocycles. The molecular weight excluding hydrogens is 432 g/mol. The van der Waals surface area contributed by atoms with Gasteiger partial charge in [0.15, 0.2) is 0 Å². The number of methoxy groups -OCH3 is 1. The number of aromatic nitrogens is 3. The van der Waals surface area contributed by atoms with Gasteiger partial charge in [0.2, 0.25) is 17.6 Å². The van der Waals surface area contributed by atoms with Crippen LogP contribution in [-0.4, -0.2) is 34.1 Å². The van der Waals surface area contributed by atoms with Crippen LogP contribution in [0.3, 0.4) is 0 Å². The molecule has 0 unspecified atom stereocenters. The molecule has 0 radical (unpaired) electrons. The lowest BCUT2D eigenvalue weighted by atomic mass is 10.1. The number of hydrogen-bond donors (Lipinski definition) is 1. The Morgan fingerprint density at radius 2 is 1.74 bits per heavy atom. The number of aryl methyl sites for hydroxylation is 1. The standard InChI is InChI=1S/C26H20N4O4/c1-33-26(32)21-6-2-4-18(16-21)8-9-19-5-3-7-22(17-19)28-23(31)10-11-24-29-25(30-34-24)20-12-14-27-15-13-20/h2-7,12-17H,10-11H2,1H3,(H,28,31). The van der Waals surface area contributed by atoms with Crippen molar-refractivity contribution < 1.29 is 18.8 Å². The first-order chi connectivity index (χ1) is 16.6. The summed E-state index contributed by atoms with van der Waals surface area (Å²) in [6.07, 6.45) is 3.81. The Bertz CT molecular complexity index is 1370. The van der Waals surface area contributed by atoms with Gasteiger partial charge in [-0.2, -0.15) is 4.98 Å². The van der Waals surface area contributed by atoms with Gasteiger partial charge < -0.3 is 14.6 Å². The third-order valence-electron chi connectivity index (χ3n) is 4.75. The number of rotatable bonds is 6. The number of amides is 1. The molecule has 0 saturated heterocycles. The molecule has 0 atom stereocenters. The maximum absolute atomic E-state index is 12.4. The molecule has 0 bridgehead atoms. The van der Waals surface area contributed by atoms with E-state index < -0.39 is 5.97 Å². The van der Waals surface area contributed by atoms with Crippen molar-refractivity contribution in [1.29, 1.82) is 0 Å². The first kappa shape index (κ1) is 22.4. The quantitative estimate of drug-likeness (QED) is 0.349. The van der Waals surface area contributed by atoms with E-state index in [1.165, 1.54) is 7.11 Å². The van der Waals surface area contributed by atoms with Gasteiger partial charge in [-0.15, -0.1) is 0 Å². The Morgan fingerprint density at radius 1 is 1.00 bits per heavy atom. The summed E-state index contributed by atoms with van der Waals surface area (Å²) in [5.41, 5.74) is 3.26. The summed E-state index contributed by atoms with van der Waals surface area (Å²) in [5, 5.41) is 6.79. The summed E-state index contributed by atoms with van der Waals surface area (Å²) < 4.78 is 9.97. The second-order valence-corrected chi connectivity index (χ2v) is 7.20. The third kappa shape index (κ3) is 5.93. The number of carbonyl (C=O) groups is 2. The predicted molar refractivity (Wildman–Crippen MR) is 125 cm³/mol. The van der Waals surface area contributed by atoms with E-state index in [0.717, 1.165) is 11.1 Å². The van der Waals surface area contributed by atoms with Crippen molar-refractivity contribution in [3.63, 3.8) is 0 Å². The number of nitrogens with zero attached hydrogens (tertiary/aromatic N) is 3. The first-order valence-electron chi connectivity index (χ1n) is 10.4. The van der Waals surface area contributed by atoms with Gasteiger partial charge in [-0.1, -0.05) is 29.1 Å². The molecule has 0 saturated carbocycles. The van der Waals surface area contributed by atoms with E-state index in [0.29, 0.717) is 35.0 Å². The monoisotopic (exact) mass is 452 g/mol. The number of ether oxygens (including phenoxy) is 1. The van der Waals surface area contributed by atoms with Crippen LogP contribution in [0.4, 0.5) is 5.69 Å². The SMILES string of the molecule is COC(=O)c1cccc(C#Cc2cccc(NC(=O)CCc3nc(-c4ccncc4)no3)c2)c1. The maximum Gasteiger partial charge on any atom is 0.337 e. The molecule has 1 N–H and O–H groups in total. The summed E-state index contributed by atoms with van der Waals surface area (Å²) in [7, 11) is 1.34. The van der Waals surface area contributed by atoms with Gasteiger partial charge in [0.25, 0.3) is 0 Å². The number of esters is 1. The minimum absolute atomic E-state index is 0.181. The van der Waals surface area contributed by atoms with Gasteiger partial charge in [-0.3, -0.25) is 9.78 Å². The van der Waals surface area contributed by atoms with Gasteiger partial charge in [0.1, 0.15) is 0 Å². The van der Waals surface area contributed by atoms with Crippen LogP contribution in [0.25, 0.3) is 11.4 Å².